The van der Waals surface area contributed by atoms with Crippen molar-refractivity contribution in [3.63, 3.8) is 0 Å². The van der Waals surface area contributed by atoms with Gasteiger partial charge >= 0.3 is 6.09 Å². The molecule has 256 valence electrons. The van der Waals surface area contributed by atoms with E-state index in [1.165, 1.54) is 6.92 Å². The number of unbranched alkanes of at least 4 members (excludes halogenated alkanes) is 1. The summed E-state index contributed by atoms with van der Waals surface area (Å²) in [6.07, 6.45) is 1.09. The molecule has 2 atom stereocenters. The van der Waals surface area contributed by atoms with Crippen molar-refractivity contribution in [1.82, 2.24) is 26.6 Å². The quantitative estimate of drug-likeness (QED) is 0.0660. The first kappa shape index (κ1) is 41.0. The molecule has 1 rings (SSSR count). The van der Waals surface area contributed by atoms with Gasteiger partial charge in [-0.2, -0.15) is 0 Å². The highest BCUT2D eigenvalue weighted by atomic mass is 16.6. The maximum absolute atomic E-state index is 12.2. The molecular weight excluding hydrogens is 588 g/mol. The normalized spacial score (nSPS) is 11.9. The Morgan fingerprint density at radius 3 is 2.38 bits per heavy atom. The van der Waals surface area contributed by atoms with E-state index in [0.717, 1.165) is 11.3 Å². The molecule has 7 N–H and O–H groups in total. The molecule has 15 heteroatoms. The van der Waals surface area contributed by atoms with E-state index in [1.807, 2.05) is 31.2 Å². The SMILES string of the molecule is CC(=O)NCCCCC(NC(=O)OC(C)(C)C)C(=O)NCCNC=O.CNC(=O)COCCOC(N)COc1cccc(C)c1. The van der Waals surface area contributed by atoms with Crippen LogP contribution >= 0.6 is 0 Å². The van der Waals surface area contributed by atoms with Crippen LogP contribution in [0.2, 0.25) is 0 Å². The third-order valence-electron chi connectivity index (χ3n) is 5.43. The Kier molecular flexibility index (Phi) is 22.2. The zero-order valence-corrected chi connectivity index (χ0v) is 27.4. The summed E-state index contributed by atoms with van der Waals surface area (Å²) in [5.74, 6) is 0.138. The number of hydrogen-bond donors (Lipinski definition) is 6. The largest absolute Gasteiger partial charge is 0.489 e. The predicted octanol–water partition coefficient (Wildman–Crippen LogP) is 0.486. The highest BCUT2D eigenvalue weighted by molar-refractivity contribution is 5.85. The summed E-state index contributed by atoms with van der Waals surface area (Å²) < 4.78 is 21.1. The first-order valence-corrected chi connectivity index (χ1v) is 14.8. The highest BCUT2D eigenvalue weighted by Gasteiger charge is 2.23. The Hall–Kier alpha value is -3.95. The third kappa shape index (κ3) is 25.1. The van der Waals surface area contributed by atoms with Crippen LogP contribution in [0.5, 0.6) is 5.75 Å². The first-order chi connectivity index (χ1) is 21.3. The Balaban J connectivity index is 0.000000880. The van der Waals surface area contributed by atoms with Gasteiger partial charge in [-0.25, -0.2) is 4.79 Å². The average Bonchev–Trinajstić information content (AvgIpc) is 2.96. The molecule has 0 heterocycles. The van der Waals surface area contributed by atoms with E-state index in [1.54, 1.807) is 27.8 Å². The Labute approximate surface area is 266 Å². The van der Waals surface area contributed by atoms with Gasteiger partial charge < -0.3 is 51.3 Å². The number of rotatable bonds is 20. The van der Waals surface area contributed by atoms with Gasteiger partial charge in [-0.1, -0.05) is 12.1 Å². The van der Waals surface area contributed by atoms with Crippen molar-refractivity contribution < 1.29 is 42.9 Å². The smallest absolute Gasteiger partial charge is 0.408 e. The van der Waals surface area contributed by atoms with E-state index in [4.69, 9.17) is 24.7 Å². The number of likely N-dealkylation sites (N-methyl/N-ethyl adjacent to an activating group) is 1. The van der Waals surface area contributed by atoms with Crippen LogP contribution in [0.1, 0.15) is 52.5 Å². The summed E-state index contributed by atoms with van der Waals surface area (Å²) in [5, 5.41) is 12.8. The third-order valence-corrected chi connectivity index (χ3v) is 5.43. The Morgan fingerprint density at radius 1 is 1.02 bits per heavy atom. The van der Waals surface area contributed by atoms with Gasteiger partial charge in [0.15, 0.2) is 0 Å². The predicted molar refractivity (Wildman–Crippen MR) is 168 cm³/mol. The minimum atomic E-state index is -0.747. The van der Waals surface area contributed by atoms with Gasteiger partial charge in [-0.3, -0.25) is 19.2 Å². The minimum absolute atomic E-state index is 0.0227. The molecule has 0 radical (unpaired) electrons. The molecule has 0 aliphatic rings. The van der Waals surface area contributed by atoms with Crippen LogP contribution in [0.25, 0.3) is 0 Å². The van der Waals surface area contributed by atoms with Crippen LogP contribution < -0.4 is 37.1 Å². The van der Waals surface area contributed by atoms with Crippen molar-refractivity contribution in [2.75, 3.05) is 53.1 Å². The lowest BCUT2D eigenvalue weighted by Crippen LogP contribution is -2.49. The van der Waals surface area contributed by atoms with Gasteiger partial charge in [0.25, 0.3) is 0 Å². The molecule has 5 amide bonds. The summed E-state index contributed by atoms with van der Waals surface area (Å²) in [6, 6.07) is 6.96. The van der Waals surface area contributed by atoms with Crippen LogP contribution in [0.4, 0.5) is 4.79 Å². The van der Waals surface area contributed by atoms with Crippen LogP contribution in [0, 0.1) is 6.92 Å². The van der Waals surface area contributed by atoms with E-state index < -0.39 is 24.0 Å². The van der Waals surface area contributed by atoms with Crippen molar-refractivity contribution in [3.05, 3.63) is 29.8 Å². The number of carbonyl (C=O) groups excluding carboxylic acids is 5. The minimum Gasteiger partial charge on any atom is -0.489 e. The standard InChI is InChI=1S/C16H30N4O5.C14H22N2O4/c1-12(22)18-8-6-5-7-13(14(23)19-10-9-17-11-21)20-15(24)25-16(2,3)4;1-11-4-3-5-12(8-11)20-9-13(15)19-7-6-18-10-14(17)16-2/h11,13H,5-10H2,1-4H3,(H,17,21)(H,18,22)(H,19,23)(H,20,24);3-5,8,13H,6-7,9-10,15H2,1-2H3,(H,16,17). The number of nitrogens with two attached hydrogens (primary N) is 1. The lowest BCUT2D eigenvalue weighted by molar-refractivity contribution is -0.126. The maximum atomic E-state index is 12.2. The molecule has 0 saturated carbocycles. The number of aryl methyl sites for hydroxylation is 1. The number of nitrogens with one attached hydrogen (secondary N) is 5. The van der Waals surface area contributed by atoms with Gasteiger partial charge in [-0.05, 0) is 64.7 Å². The lowest BCUT2D eigenvalue weighted by atomic mass is 10.1. The zero-order valence-electron chi connectivity index (χ0n) is 27.4. The highest BCUT2D eigenvalue weighted by Crippen LogP contribution is 2.12. The van der Waals surface area contributed by atoms with Gasteiger partial charge in [0.1, 0.15) is 36.8 Å². The van der Waals surface area contributed by atoms with Crippen molar-refractivity contribution in [2.45, 2.75) is 71.8 Å². The summed E-state index contributed by atoms with van der Waals surface area (Å²) in [5.41, 5.74) is 6.21. The second-order valence-corrected chi connectivity index (χ2v) is 10.8. The van der Waals surface area contributed by atoms with Crippen molar-refractivity contribution in [2.24, 2.45) is 5.73 Å². The number of amides is 5. The van der Waals surface area contributed by atoms with E-state index >= 15 is 0 Å². The number of carbonyl (C=O) groups is 5. The van der Waals surface area contributed by atoms with E-state index in [2.05, 4.69) is 26.6 Å². The number of hydrogen-bond acceptors (Lipinski definition) is 10. The second-order valence-electron chi connectivity index (χ2n) is 10.8. The Bertz CT molecular complexity index is 1020. The molecule has 1 aromatic rings. The van der Waals surface area contributed by atoms with Gasteiger partial charge in [0.05, 0.1) is 13.2 Å². The summed E-state index contributed by atoms with van der Waals surface area (Å²) >= 11 is 0. The molecule has 0 fully saturated rings. The summed E-state index contributed by atoms with van der Waals surface area (Å²) in [6.45, 7) is 10.6. The van der Waals surface area contributed by atoms with E-state index in [0.29, 0.717) is 52.0 Å². The molecule has 0 aromatic heterocycles. The number of alkyl carbamates (subject to hydrolysis) is 1. The van der Waals surface area contributed by atoms with Crippen LogP contribution in [0.15, 0.2) is 24.3 Å². The fourth-order valence-electron chi connectivity index (χ4n) is 3.32. The van der Waals surface area contributed by atoms with Gasteiger partial charge in [0, 0.05) is 33.6 Å². The van der Waals surface area contributed by atoms with Crippen molar-refractivity contribution in [3.8, 4) is 5.75 Å². The molecule has 45 heavy (non-hydrogen) atoms. The molecule has 0 saturated heterocycles. The lowest BCUT2D eigenvalue weighted by Gasteiger charge is -2.23. The van der Waals surface area contributed by atoms with Crippen molar-refractivity contribution >= 4 is 30.2 Å². The topological polar surface area (TPSA) is 208 Å². The van der Waals surface area contributed by atoms with Crippen molar-refractivity contribution in [1.29, 1.82) is 0 Å². The summed E-state index contributed by atoms with van der Waals surface area (Å²) in [4.78, 5) is 56.0. The average molecular weight is 641 g/mol. The van der Waals surface area contributed by atoms with Crippen LogP contribution in [-0.4, -0.2) is 101 Å². The Morgan fingerprint density at radius 2 is 1.76 bits per heavy atom. The molecule has 0 aliphatic carbocycles. The summed E-state index contributed by atoms with van der Waals surface area (Å²) in [7, 11) is 1.56. The van der Waals surface area contributed by atoms with E-state index in [9.17, 15) is 24.0 Å². The fourth-order valence-corrected chi connectivity index (χ4v) is 3.32. The molecule has 0 bridgehead atoms. The molecule has 1 aromatic carbocycles. The molecule has 0 spiro atoms. The second kappa shape index (κ2) is 24.4. The van der Waals surface area contributed by atoms with Gasteiger partial charge in [0.2, 0.25) is 24.1 Å². The maximum Gasteiger partial charge on any atom is 0.408 e. The molecule has 2 unspecified atom stereocenters. The van der Waals surface area contributed by atoms with Gasteiger partial charge in [-0.15, -0.1) is 0 Å². The molecular formula is C30H52N6O9. The number of benzene rings is 1. The van der Waals surface area contributed by atoms with Crippen LogP contribution in [0.3, 0.4) is 0 Å². The van der Waals surface area contributed by atoms with E-state index in [-0.39, 0.29) is 37.5 Å². The van der Waals surface area contributed by atoms with Crippen LogP contribution in [-0.2, 0) is 33.4 Å². The monoisotopic (exact) mass is 640 g/mol. The molecule has 15 nitrogen and oxygen atoms in total. The first-order valence-electron chi connectivity index (χ1n) is 14.8. The molecule has 0 aliphatic heterocycles. The number of ether oxygens (including phenoxy) is 4. The fraction of sp³-hybridized carbons (Fsp3) is 0.633. The zero-order chi connectivity index (χ0) is 34.1.